The molecule has 2 aromatic rings. The highest BCUT2D eigenvalue weighted by Gasteiger charge is 2.33. The van der Waals surface area contributed by atoms with Crippen molar-refractivity contribution < 1.29 is 13.2 Å². The number of nitrogens with one attached hydrogen (secondary N) is 1. The number of aryl methyl sites for hydroxylation is 2. The predicted octanol–water partition coefficient (Wildman–Crippen LogP) is 2.98. The van der Waals surface area contributed by atoms with Crippen LogP contribution in [-0.4, -0.2) is 47.3 Å². The predicted molar refractivity (Wildman–Crippen MR) is 119 cm³/mol. The molecule has 1 N–H and O–H groups in total. The molecule has 1 atom stereocenters. The molecular formula is C23H30N4O3S. The van der Waals surface area contributed by atoms with Crippen LogP contribution in [0, 0.1) is 25.7 Å². The van der Waals surface area contributed by atoms with E-state index < -0.39 is 9.84 Å². The zero-order valence-corrected chi connectivity index (χ0v) is 19.0. The van der Waals surface area contributed by atoms with E-state index in [9.17, 15) is 13.2 Å². The van der Waals surface area contributed by atoms with E-state index in [0.717, 1.165) is 53.9 Å². The van der Waals surface area contributed by atoms with E-state index >= 15 is 0 Å². The Balaban J connectivity index is 1.38. The Morgan fingerprint density at radius 1 is 1.10 bits per heavy atom. The lowest BCUT2D eigenvalue weighted by atomic mass is 9.78. The van der Waals surface area contributed by atoms with Crippen LogP contribution in [0.25, 0.3) is 11.1 Å². The van der Waals surface area contributed by atoms with Gasteiger partial charge in [0.05, 0.1) is 23.1 Å². The van der Waals surface area contributed by atoms with Crippen LogP contribution in [0.3, 0.4) is 0 Å². The molecule has 1 aliphatic carbocycles. The van der Waals surface area contributed by atoms with Gasteiger partial charge in [-0.15, -0.1) is 0 Å². The number of rotatable bonds is 5. The lowest BCUT2D eigenvalue weighted by Crippen LogP contribution is -2.36. The average molecular weight is 443 g/mol. The summed E-state index contributed by atoms with van der Waals surface area (Å²) < 4.78 is 23.2. The minimum atomic E-state index is -3.03. The van der Waals surface area contributed by atoms with E-state index in [1.807, 2.05) is 25.4 Å². The molecule has 166 valence electrons. The second-order valence-corrected chi connectivity index (χ2v) is 11.2. The number of hydrogen-bond donors (Lipinski definition) is 1. The largest absolute Gasteiger partial charge is 0.356 e. The molecule has 1 unspecified atom stereocenters. The fourth-order valence-corrected chi connectivity index (χ4v) is 6.55. The summed E-state index contributed by atoms with van der Waals surface area (Å²) in [6.07, 6.45) is 10.1. The summed E-state index contributed by atoms with van der Waals surface area (Å²) in [7, 11) is -3.03. The van der Waals surface area contributed by atoms with E-state index in [1.165, 1.54) is 0 Å². The lowest BCUT2D eigenvalue weighted by molar-refractivity contribution is -0.124. The first-order valence-electron chi connectivity index (χ1n) is 11.0. The summed E-state index contributed by atoms with van der Waals surface area (Å²) in [4.78, 5) is 25.8. The molecule has 0 spiro atoms. The van der Waals surface area contributed by atoms with Gasteiger partial charge in [-0.25, -0.2) is 18.4 Å². The van der Waals surface area contributed by atoms with Crippen LogP contribution in [0.1, 0.15) is 55.1 Å². The van der Waals surface area contributed by atoms with Gasteiger partial charge in [0.25, 0.3) is 0 Å². The van der Waals surface area contributed by atoms with E-state index in [1.54, 1.807) is 6.20 Å². The van der Waals surface area contributed by atoms with Crippen molar-refractivity contribution in [1.29, 1.82) is 0 Å². The van der Waals surface area contributed by atoms with Gasteiger partial charge in [-0.3, -0.25) is 9.78 Å². The van der Waals surface area contributed by atoms with Crippen LogP contribution in [0.2, 0.25) is 0 Å². The quantitative estimate of drug-likeness (QED) is 0.764. The minimum absolute atomic E-state index is 0.00413. The van der Waals surface area contributed by atoms with Crippen LogP contribution < -0.4 is 5.32 Å². The molecule has 4 rings (SSSR count). The van der Waals surface area contributed by atoms with Gasteiger partial charge in [0, 0.05) is 36.6 Å². The Labute approximate surface area is 184 Å². The molecule has 2 aromatic heterocycles. The van der Waals surface area contributed by atoms with Crippen molar-refractivity contribution in [3.8, 4) is 11.1 Å². The molecular weight excluding hydrogens is 412 g/mol. The highest BCUT2D eigenvalue weighted by atomic mass is 32.2. The van der Waals surface area contributed by atoms with Gasteiger partial charge in [-0.1, -0.05) is 0 Å². The Hall–Kier alpha value is -2.35. The van der Waals surface area contributed by atoms with Gasteiger partial charge >= 0.3 is 0 Å². The van der Waals surface area contributed by atoms with Crippen molar-refractivity contribution in [2.24, 2.45) is 11.8 Å². The molecule has 2 aliphatic rings. The summed E-state index contributed by atoms with van der Waals surface area (Å²) in [5.74, 6) is 1.22. The first-order valence-corrected chi connectivity index (χ1v) is 12.9. The number of hydrogen-bond acceptors (Lipinski definition) is 6. The number of carbonyl (C=O) groups is 1. The maximum absolute atomic E-state index is 12.3. The Morgan fingerprint density at radius 2 is 1.87 bits per heavy atom. The number of nitrogens with zero attached hydrogens (tertiary/aromatic N) is 3. The second kappa shape index (κ2) is 9.02. The third-order valence-corrected chi connectivity index (χ3v) is 8.42. The third kappa shape index (κ3) is 5.11. The van der Waals surface area contributed by atoms with E-state index in [-0.39, 0.29) is 23.3 Å². The first-order chi connectivity index (χ1) is 14.8. The molecule has 31 heavy (non-hydrogen) atoms. The van der Waals surface area contributed by atoms with E-state index in [0.29, 0.717) is 24.8 Å². The van der Waals surface area contributed by atoms with Crippen molar-refractivity contribution in [2.75, 3.05) is 18.1 Å². The molecule has 2 fully saturated rings. The Kier molecular flexibility index (Phi) is 6.36. The van der Waals surface area contributed by atoms with Crippen LogP contribution in [0.4, 0.5) is 0 Å². The van der Waals surface area contributed by atoms with Gasteiger partial charge < -0.3 is 5.32 Å². The average Bonchev–Trinajstić information content (AvgIpc) is 3.13. The van der Waals surface area contributed by atoms with Gasteiger partial charge in [0.2, 0.25) is 5.91 Å². The number of pyridine rings is 1. The van der Waals surface area contributed by atoms with Crippen molar-refractivity contribution >= 4 is 15.7 Å². The molecule has 8 heteroatoms. The smallest absolute Gasteiger partial charge is 0.224 e. The fourth-order valence-electron chi connectivity index (χ4n) is 4.81. The van der Waals surface area contributed by atoms with Crippen LogP contribution in [0.5, 0.6) is 0 Å². The summed E-state index contributed by atoms with van der Waals surface area (Å²) in [5, 5.41) is 3.00. The van der Waals surface area contributed by atoms with Crippen LogP contribution in [-0.2, 0) is 14.6 Å². The topological polar surface area (TPSA) is 102 Å². The first kappa shape index (κ1) is 21.9. The van der Waals surface area contributed by atoms with Crippen molar-refractivity contribution in [1.82, 2.24) is 20.3 Å². The van der Waals surface area contributed by atoms with Crippen LogP contribution >= 0.6 is 0 Å². The van der Waals surface area contributed by atoms with Crippen molar-refractivity contribution in [2.45, 2.75) is 51.9 Å². The Bertz CT molecular complexity index is 1060. The molecule has 3 heterocycles. The minimum Gasteiger partial charge on any atom is -0.356 e. The summed E-state index contributed by atoms with van der Waals surface area (Å²) in [5.41, 5.74) is 4.44. The summed E-state index contributed by atoms with van der Waals surface area (Å²) in [6, 6.07) is 2.03. The molecule has 7 nitrogen and oxygen atoms in total. The van der Waals surface area contributed by atoms with Crippen molar-refractivity contribution in [3.63, 3.8) is 0 Å². The van der Waals surface area contributed by atoms with Gasteiger partial charge in [-0.05, 0) is 69.1 Å². The molecule has 0 aromatic carbocycles. The molecule has 1 saturated heterocycles. The number of aromatic nitrogens is 3. The zero-order valence-electron chi connectivity index (χ0n) is 18.2. The highest BCUT2D eigenvalue weighted by molar-refractivity contribution is 7.91. The van der Waals surface area contributed by atoms with Crippen molar-refractivity contribution in [3.05, 3.63) is 41.7 Å². The maximum atomic E-state index is 12.3. The highest BCUT2D eigenvalue weighted by Crippen LogP contribution is 2.39. The summed E-state index contributed by atoms with van der Waals surface area (Å²) in [6.45, 7) is 4.61. The molecule has 1 aliphatic heterocycles. The molecule has 0 radical (unpaired) electrons. The van der Waals surface area contributed by atoms with E-state index in [2.05, 4.69) is 22.2 Å². The number of carbonyl (C=O) groups excluding carboxylic acids is 1. The SMILES string of the molecule is Cc1ncc(-c2ccncc2C)c(C2CCC(CNC(=O)C3CCS(=O)(=O)C3)CC2)n1. The fraction of sp³-hybridized carbons (Fsp3) is 0.565. The number of sulfone groups is 1. The Morgan fingerprint density at radius 3 is 2.55 bits per heavy atom. The molecule has 1 amide bonds. The maximum Gasteiger partial charge on any atom is 0.224 e. The molecule has 1 saturated carbocycles. The number of amides is 1. The van der Waals surface area contributed by atoms with Gasteiger partial charge in [0.15, 0.2) is 9.84 Å². The monoisotopic (exact) mass is 442 g/mol. The van der Waals surface area contributed by atoms with Gasteiger partial charge in [0.1, 0.15) is 5.82 Å². The van der Waals surface area contributed by atoms with Crippen LogP contribution in [0.15, 0.2) is 24.7 Å². The second-order valence-electron chi connectivity index (χ2n) is 8.97. The standard InChI is InChI=1S/C23H30N4O3S/c1-15-11-24-9-7-20(15)21-13-25-16(2)27-22(21)18-5-3-17(4-6-18)12-26-23(28)19-8-10-31(29,30)14-19/h7,9,11,13,17-19H,3-6,8,10,12,14H2,1-2H3,(H,26,28). The normalized spacial score (nSPS) is 25.3. The van der Waals surface area contributed by atoms with Gasteiger partial charge in [-0.2, -0.15) is 0 Å². The third-order valence-electron chi connectivity index (χ3n) is 6.65. The van der Waals surface area contributed by atoms with E-state index in [4.69, 9.17) is 4.98 Å². The summed E-state index contributed by atoms with van der Waals surface area (Å²) >= 11 is 0. The molecule has 0 bridgehead atoms. The lowest BCUT2D eigenvalue weighted by Gasteiger charge is -2.30. The zero-order chi connectivity index (χ0) is 22.0.